The van der Waals surface area contributed by atoms with Crippen LogP contribution in [0.1, 0.15) is 29.4 Å². The van der Waals surface area contributed by atoms with Crippen molar-refractivity contribution < 1.29 is 9.18 Å². The minimum atomic E-state index is -0.572. The van der Waals surface area contributed by atoms with Gasteiger partial charge in [0, 0.05) is 17.8 Å². The Balaban J connectivity index is 1.71. The Hall–Kier alpha value is -1.92. The molecule has 1 unspecified atom stereocenters. The number of carbonyl (C=O) groups is 1. The largest absolute Gasteiger partial charge is 0.318 e. The van der Waals surface area contributed by atoms with Crippen LogP contribution < -0.4 is 10.6 Å². The molecular weight excluding hydrogens is 307 g/mol. The van der Waals surface area contributed by atoms with Gasteiger partial charge in [0.25, 0.3) is 5.91 Å². The monoisotopic (exact) mass is 322 g/mol. The molecule has 1 atom stereocenters. The lowest BCUT2D eigenvalue weighted by atomic mass is 10.1. The van der Waals surface area contributed by atoms with Crippen molar-refractivity contribution in [3.63, 3.8) is 0 Å². The zero-order valence-electron chi connectivity index (χ0n) is 11.9. The van der Waals surface area contributed by atoms with E-state index in [-0.39, 0.29) is 22.4 Å². The number of halogens is 2. The number of rotatable bonds is 3. The van der Waals surface area contributed by atoms with Gasteiger partial charge in [-0.05, 0) is 43.7 Å². The second-order valence-electron chi connectivity index (χ2n) is 5.26. The van der Waals surface area contributed by atoms with Crippen molar-refractivity contribution >= 4 is 23.2 Å². The Kier molecular flexibility index (Phi) is 4.40. The molecule has 2 aromatic rings. The quantitative estimate of drug-likeness (QED) is 0.913. The maximum Gasteiger partial charge on any atom is 0.276 e. The van der Waals surface area contributed by atoms with E-state index in [1.807, 2.05) is 0 Å². The number of carbonyl (C=O) groups excluding carboxylic acids is 1. The molecule has 0 bridgehead atoms. The fourth-order valence-electron chi connectivity index (χ4n) is 2.50. The number of amides is 1. The van der Waals surface area contributed by atoms with Gasteiger partial charge in [-0.25, -0.2) is 4.39 Å². The van der Waals surface area contributed by atoms with Crippen LogP contribution in [-0.4, -0.2) is 28.8 Å². The first kappa shape index (κ1) is 15.0. The molecule has 0 saturated carbocycles. The van der Waals surface area contributed by atoms with Crippen molar-refractivity contribution in [1.82, 2.24) is 15.1 Å². The van der Waals surface area contributed by atoms with Gasteiger partial charge in [-0.1, -0.05) is 11.6 Å². The van der Waals surface area contributed by atoms with Crippen molar-refractivity contribution in [1.29, 1.82) is 0 Å². The smallest absolute Gasteiger partial charge is 0.276 e. The average molecular weight is 323 g/mol. The first-order chi connectivity index (χ1) is 10.6. The standard InChI is InChI=1S/C15H16ClFN4O/c16-10-3-4-13(12(17)8-10)19-15(22)14-5-7-21(20-14)11-2-1-6-18-9-11/h3-5,7-8,11,18H,1-2,6,9H2,(H,19,22). The molecule has 2 N–H and O–H groups in total. The molecule has 116 valence electrons. The third-order valence-corrected chi connectivity index (χ3v) is 3.90. The number of nitrogens with one attached hydrogen (secondary N) is 2. The Morgan fingerprint density at radius 1 is 1.45 bits per heavy atom. The highest BCUT2D eigenvalue weighted by molar-refractivity contribution is 6.30. The lowest BCUT2D eigenvalue weighted by molar-refractivity contribution is 0.102. The number of hydrogen-bond donors (Lipinski definition) is 2. The predicted octanol–water partition coefficient (Wildman–Crippen LogP) is 2.85. The highest BCUT2D eigenvalue weighted by atomic mass is 35.5. The molecular formula is C15H16ClFN4O. The third kappa shape index (κ3) is 3.28. The molecule has 5 nitrogen and oxygen atoms in total. The molecule has 7 heteroatoms. The van der Waals surface area contributed by atoms with E-state index < -0.39 is 11.7 Å². The molecule has 1 aliphatic rings. The topological polar surface area (TPSA) is 59.0 Å². The second kappa shape index (κ2) is 6.46. The molecule has 1 saturated heterocycles. The van der Waals surface area contributed by atoms with E-state index in [1.165, 1.54) is 12.1 Å². The molecule has 2 heterocycles. The molecule has 1 aliphatic heterocycles. The second-order valence-corrected chi connectivity index (χ2v) is 5.70. The number of nitrogens with zero attached hydrogens (tertiary/aromatic N) is 2. The Labute approximate surface area is 132 Å². The number of anilines is 1. The van der Waals surface area contributed by atoms with Gasteiger partial charge in [0.05, 0.1) is 11.7 Å². The SMILES string of the molecule is O=C(Nc1ccc(Cl)cc1F)c1ccn(C2CCCNC2)n1. The lowest BCUT2D eigenvalue weighted by Crippen LogP contribution is -2.32. The van der Waals surface area contributed by atoms with Gasteiger partial charge in [-0.2, -0.15) is 5.10 Å². The first-order valence-electron chi connectivity index (χ1n) is 7.16. The maximum absolute atomic E-state index is 13.7. The summed E-state index contributed by atoms with van der Waals surface area (Å²) in [4.78, 5) is 12.1. The van der Waals surface area contributed by atoms with Crippen molar-refractivity contribution in [3.05, 3.63) is 47.0 Å². The van der Waals surface area contributed by atoms with E-state index in [4.69, 9.17) is 11.6 Å². The Morgan fingerprint density at radius 3 is 3.05 bits per heavy atom. The maximum atomic E-state index is 13.7. The van der Waals surface area contributed by atoms with E-state index in [1.54, 1.807) is 16.9 Å². The van der Waals surface area contributed by atoms with Crippen LogP contribution in [0.4, 0.5) is 10.1 Å². The first-order valence-corrected chi connectivity index (χ1v) is 7.53. The highest BCUT2D eigenvalue weighted by Crippen LogP contribution is 2.20. The van der Waals surface area contributed by atoms with Crippen molar-refractivity contribution in [3.8, 4) is 0 Å². The minimum Gasteiger partial charge on any atom is -0.318 e. The lowest BCUT2D eigenvalue weighted by Gasteiger charge is -2.22. The summed E-state index contributed by atoms with van der Waals surface area (Å²) in [5.74, 6) is -1.01. The van der Waals surface area contributed by atoms with Crippen LogP contribution in [0.3, 0.4) is 0 Å². The fraction of sp³-hybridized carbons (Fsp3) is 0.333. The van der Waals surface area contributed by atoms with Gasteiger partial charge in [-0.15, -0.1) is 0 Å². The molecule has 1 fully saturated rings. The summed E-state index contributed by atoms with van der Waals surface area (Å²) in [6.45, 7) is 1.86. The van der Waals surface area contributed by atoms with Crippen LogP contribution in [-0.2, 0) is 0 Å². The highest BCUT2D eigenvalue weighted by Gasteiger charge is 2.18. The number of hydrogen-bond acceptors (Lipinski definition) is 3. The molecule has 1 amide bonds. The molecule has 0 spiro atoms. The van der Waals surface area contributed by atoms with Crippen molar-refractivity contribution in [2.45, 2.75) is 18.9 Å². The van der Waals surface area contributed by atoms with Crippen LogP contribution >= 0.6 is 11.6 Å². The van der Waals surface area contributed by atoms with E-state index in [9.17, 15) is 9.18 Å². The summed E-state index contributed by atoms with van der Waals surface area (Å²) >= 11 is 5.69. The fourth-order valence-corrected chi connectivity index (χ4v) is 2.66. The minimum absolute atomic E-state index is 0.0864. The average Bonchev–Trinajstić information content (AvgIpc) is 3.01. The van der Waals surface area contributed by atoms with Crippen LogP contribution in [0, 0.1) is 5.82 Å². The zero-order valence-corrected chi connectivity index (χ0v) is 12.6. The summed E-state index contributed by atoms with van der Waals surface area (Å²) in [5.41, 5.74) is 0.350. The van der Waals surface area contributed by atoms with Gasteiger partial charge in [-0.3, -0.25) is 9.48 Å². The third-order valence-electron chi connectivity index (χ3n) is 3.67. The molecule has 22 heavy (non-hydrogen) atoms. The summed E-state index contributed by atoms with van der Waals surface area (Å²) in [6.07, 6.45) is 3.90. The zero-order chi connectivity index (χ0) is 15.5. The summed E-state index contributed by atoms with van der Waals surface area (Å²) < 4.78 is 15.5. The van der Waals surface area contributed by atoms with E-state index in [2.05, 4.69) is 15.7 Å². The molecule has 1 aromatic heterocycles. The van der Waals surface area contributed by atoms with Gasteiger partial charge in [0.15, 0.2) is 5.69 Å². The molecule has 3 rings (SSSR count). The van der Waals surface area contributed by atoms with E-state index in [0.717, 1.165) is 32.0 Å². The summed E-state index contributed by atoms with van der Waals surface area (Å²) in [7, 11) is 0. The Bertz CT molecular complexity index is 682. The van der Waals surface area contributed by atoms with Gasteiger partial charge in [0.1, 0.15) is 5.82 Å². The molecule has 0 aliphatic carbocycles. The molecule has 1 aromatic carbocycles. The Morgan fingerprint density at radius 2 is 2.32 bits per heavy atom. The summed E-state index contributed by atoms with van der Waals surface area (Å²) in [5, 5.41) is 10.4. The van der Waals surface area contributed by atoms with Gasteiger partial charge in [0.2, 0.25) is 0 Å². The van der Waals surface area contributed by atoms with Crippen molar-refractivity contribution in [2.24, 2.45) is 0 Å². The van der Waals surface area contributed by atoms with E-state index in [0.29, 0.717) is 0 Å². The van der Waals surface area contributed by atoms with Crippen LogP contribution in [0.2, 0.25) is 5.02 Å². The number of piperidine rings is 1. The summed E-state index contributed by atoms with van der Waals surface area (Å²) in [6, 6.07) is 5.99. The van der Waals surface area contributed by atoms with E-state index >= 15 is 0 Å². The van der Waals surface area contributed by atoms with Crippen LogP contribution in [0.25, 0.3) is 0 Å². The molecule has 0 radical (unpaired) electrons. The van der Waals surface area contributed by atoms with Gasteiger partial charge < -0.3 is 10.6 Å². The van der Waals surface area contributed by atoms with Crippen molar-refractivity contribution in [2.75, 3.05) is 18.4 Å². The number of aromatic nitrogens is 2. The van der Waals surface area contributed by atoms with Gasteiger partial charge >= 0.3 is 0 Å². The van der Waals surface area contributed by atoms with Crippen LogP contribution in [0.15, 0.2) is 30.5 Å². The normalized spacial score (nSPS) is 18.2. The van der Waals surface area contributed by atoms with Crippen LogP contribution in [0.5, 0.6) is 0 Å². The predicted molar refractivity (Wildman–Crippen MR) is 82.7 cm³/mol. The number of benzene rings is 1.